The predicted molar refractivity (Wildman–Crippen MR) is 110 cm³/mol. The van der Waals surface area contributed by atoms with Crippen molar-refractivity contribution in [2.75, 3.05) is 26.4 Å². The topological polar surface area (TPSA) is 87.0 Å². The second kappa shape index (κ2) is 18.7. The van der Waals surface area contributed by atoms with Gasteiger partial charge in [0, 0.05) is 11.8 Å². The number of hydrogen-bond acceptors (Lipinski definition) is 5. The zero-order valence-electron chi connectivity index (χ0n) is 17.6. The van der Waals surface area contributed by atoms with Crippen LogP contribution in [0, 0.1) is 5.41 Å². The van der Waals surface area contributed by atoms with Crippen LogP contribution in [0.2, 0.25) is 0 Å². The third-order valence-corrected chi connectivity index (χ3v) is 5.39. The maximum Gasteiger partial charge on any atom is 0.305 e. The van der Waals surface area contributed by atoms with E-state index in [9.17, 15) is 20.1 Å². The van der Waals surface area contributed by atoms with Gasteiger partial charge in [0.2, 0.25) is 0 Å². The van der Waals surface area contributed by atoms with Crippen molar-refractivity contribution in [3.63, 3.8) is 0 Å². The molecule has 0 saturated heterocycles. The Morgan fingerprint density at radius 1 is 0.704 bits per heavy atom. The molecule has 0 saturated carbocycles. The molecule has 0 aliphatic rings. The Morgan fingerprint density at radius 2 is 1.11 bits per heavy atom. The summed E-state index contributed by atoms with van der Waals surface area (Å²) < 4.78 is 5.14. The van der Waals surface area contributed by atoms with Crippen molar-refractivity contribution >= 4 is 5.97 Å². The van der Waals surface area contributed by atoms with Gasteiger partial charge in [-0.3, -0.25) is 4.79 Å². The number of carbonyl (C=O) groups is 1. The van der Waals surface area contributed by atoms with Crippen molar-refractivity contribution in [3.8, 4) is 0 Å². The minimum atomic E-state index is -0.963. The third-order valence-electron chi connectivity index (χ3n) is 5.39. The number of ether oxygens (including phenoxy) is 1. The first kappa shape index (κ1) is 26.4. The molecule has 5 nitrogen and oxygen atoms in total. The molecule has 0 atom stereocenters. The van der Waals surface area contributed by atoms with Crippen molar-refractivity contribution in [2.45, 2.75) is 103 Å². The molecule has 0 heterocycles. The second-order valence-corrected chi connectivity index (χ2v) is 7.94. The van der Waals surface area contributed by atoms with Gasteiger partial charge < -0.3 is 20.1 Å². The highest BCUT2D eigenvalue weighted by atomic mass is 16.5. The molecule has 0 aromatic carbocycles. The highest BCUT2D eigenvalue weighted by Crippen LogP contribution is 2.20. The molecule has 0 spiro atoms. The Bertz CT molecular complexity index is 320. The van der Waals surface area contributed by atoms with Gasteiger partial charge in [0.05, 0.1) is 26.4 Å². The lowest BCUT2D eigenvalue weighted by Crippen LogP contribution is -2.35. The Balaban J connectivity index is 3.39. The first-order valence-corrected chi connectivity index (χ1v) is 11.1. The lowest BCUT2D eigenvalue weighted by atomic mass is 9.88. The molecule has 0 fully saturated rings. The van der Waals surface area contributed by atoms with E-state index in [1.54, 1.807) is 0 Å². The van der Waals surface area contributed by atoms with Gasteiger partial charge in [-0.25, -0.2) is 0 Å². The van der Waals surface area contributed by atoms with Crippen molar-refractivity contribution in [1.29, 1.82) is 0 Å². The molecule has 3 N–H and O–H groups in total. The fourth-order valence-corrected chi connectivity index (χ4v) is 3.13. The summed E-state index contributed by atoms with van der Waals surface area (Å²) in [5.41, 5.74) is -0.963. The van der Waals surface area contributed by atoms with E-state index in [2.05, 4.69) is 6.92 Å². The molecule has 5 heteroatoms. The summed E-state index contributed by atoms with van der Waals surface area (Å²) in [6.45, 7) is 1.41. The van der Waals surface area contributed by atoms with Crippen LogP contribution in [0.5, 0.6) is 0 Å². The molecule has 0 bridgehead atoms. The van der Waals surface area contributed by atoms with Crippen LogP contribution in [-0.4, -0.2) is 47.7 Å². The minimum Gasteiger partial charge on any atom is -0.466 e. The third kappa shape index (κ3) is 15.0. The number of aliphatic hydroxyl groups is 3. The monoisotopic (exact) mass is 388 g/mol. The lowest BCUT2D eigenvalue weighted by Gasteiger charge is -2.26. The van der Waals surface area contributed by atoms with Gasteiger partial charge in [0.15, 0.2) is 0 Å². The van der Waals surface area contributed by atoms with Crippen LogP contribution in [-0.2, 0) is 9.53 Å². The maximum absolute atomic E-state index is 11.7. The summed E-state index contributed by atoms with van der Waals surface area (Å²) in [5.74, 6) is -0.235. The zero-order chi connectivity index (χ0) is 20.2. The van der Waals surface area contributed by atoms with E-state index in [0.717, 1.165) is 12.8 Å². The Kier molecular flexibility index (Phi) is 18.3. The number of unbranched alkanes of at least 4 members (excludes halogenated alkanes) is 12. The molecular formula is C22H44O5. The summed E-state index contributed by atoms with van der Waals surface area (Å²) in [7, 11) is 0. The van der Waals surface area contributed by atoms with Crippen LogP contribution in [0.25, 0.3) is 0 Å². The van der Waals surface area contributed by atoms with E-state index in [-0.39, 0.29) is 38.8 Å². The van der Waals surface area contributed by atoms with Gasteiger partial charge in [0.25, 0.3) is 0 Å². The van der Waals surface area contributed by atoms with Crippen molar-refractivity contribution in [2.24, 2.45) is 5.41 Å². The molecule has 0 aromatic heterocycles. The molecule has 162 valence electrons. The molecule has 0 amide bonds. The van der Waals surface area contributed by atoms with Crippen LogP contribution >= 0.6 is 0 Å². The smallest absolute Gasteiger partial charge is 0.305 e. The zero-order valence-corrected chi connectivity index (χ0v) is 17.6. The van der Waals surface area contributed by atoms with Crippen LogP contribution in [0.3, 0.4) is 0 Å². The number of carbonyl (C=O) groups excluding carboxylic acids is 1. The Labute approximate surface area is 166 Å². The second-order valence-electron chi connectivity index (χ2n) is 7.94. The predicted octanol–water partition coefficient (Wildman–Crippen LogP) is 4.36. The van der Waals surface area contributed by atoms with Gasteiger partial charge in [-0.15, -0.1) is 0 Å². The average molecular weight is 389 g/mol. The van der Waals surface area contributed by atoms with E-state index in [1.165, 1.54) is 70.6 Å². The van der Waals surface area contributed by atoms with E-state index >= 15 is 0 Å². The molecule has 0 aromatic rings. The quantitative estimate of drug-likeness (QED) is 0.213. The van der Waals surface area contributed by atoms with Crippen LogP contribution < -0.4 is 0 Å². The van der Waals surface area contributed by atoms with E-state index in [0.29, 0.717) is 6.42 Å². The molecule has 0 radical (unpaired) electrons. The highest BCUT2D eigenvalue weighted by molar-refractivity contribution is 5.69. The van der Waals surface area contributed by atoms with E-state index in [1.807, 2.05) is 0 Å². The number of hydrogen-bond donors (Lipinski definition) is 3. The van der Waals surface area contributed by atoms with Crippen molar-refractivity contribution in [1.82, 2.24) is 0 Å². The van der Waals surface area contributed by atoms with E-state index in [4.69, 9.17) is 4.74 Å². The first-order valence-electron chi connectivity index (χ1n) is 11.1. The molecule has 0 unspecified atom stereocenters. The van der Waals surface area contributed by atoms with Gasteiger partial charge in [-0.1, -0.05) is 84.0 Å². The molecule has 0 aliphatic carbocycles. The van der Waals surface area contributed by atoms with E-state index < -0.39 is 5.41 Å². The Morgan fingerprint density at radius 3 is 1.52 bits per heavy atom. The maximum atomic E-state index is 11.7. The molecule has 27 heavy (non-hydrogen) atoms. The summed E-state index contributed by atoms with van der Waals surface area (Å²) in [6.07, 6.45) is 17.2. The van der Waals surface area contributed by atoms with Crippen LogP contribution in [0.4, 0.5) is 0 Å². The van der Waals surface area contributed by atoms with Crippen LogP contribution in [0.15, 0.2) is 0 Å². The summed E-state index contributed by atoms with van der Waals surface area (Å²) >= 11 is 0. The lowest BCUT2D eigenvalue weighted by molar-refractivity contribution is -0.145. The normalized spacial score (nSPS) is 11.7. The van der Waals surface area contributed by atoms with Gasteiger partial charge in [-0.2, -0.15) is 0 Å². The van der Waals surface area contributed by atoms with Gasteiger partial charge in [0.1, 0.15) is 0 Å². The van der Waals surface area contributed by atoms with Crippen molar-refractivity contribution in [3.05, 3.63) is 0 Å². The number of esters is 1. The van der Waals surface area contributed by atoms with Gasteiger partial charge in [-0.05, 0) is 12.8 Å². The number of aliphatic hydroxyl groups excluding tert-OH is 3. The molecule has 0 rings (SSSR count). The molecular weight excluding hydrogens is 344 g/mol. The number of rotatable bonds is 20. The van der Waals surface area contributed by atoms with Crippen LogP contribution in [0.1, 0.15) is 103 Å². The summed E-state index contributed by atoms with van der Waals surface area (Å²) in [6, 6.07) is 0. The van der Waals surface area contributed by atoms with Crippen molar-refractivity contribution < 1.29 is 24.9 Å². The molecule has 0 aliphatic heterocycles. The summed E-state index contributed by atoms with van der Waals surface area (Å²) in [4.78, 5) is 11.7. The Hall–Kier alpha value is -0.650. The highest BCUT2D eigenvalue weighted by Gasteiger charge is 2.28. The van der Waals surface area contributed by atoms with Gasteiger partial charge >= 0.3 is 5.97 Å². The standard InChI is InChI=1S/C22H44O5/c1-2-3-4-5-6-7-8-9-10-11-12-13-14-15-21(26)27-17-16-22(18-23,19-24)20-25/h23-25H,2-20H2,1H3. The fourth-order valence-electron chi connectivity index (χ4n) is 3.13. The summed E-state index contributed by atoms with van der Waals surface area (Å²) in [5, 5.41) is 27.7. The largest absolute Gasteiger partial charge is 0.466 e. The average Bonchev–Trinajstić information content (AvgIpc) is 2.69. The minimum absolute atomic E-state index is 0.124. The SMILES string of the molecule is CCCCCCCCCCCCCCCC(=O)OCCC(CO)(CO)CO. The fraction of sp³-hybridized carbons (Fsp3) is 0.955. The first-order chi connectivity index (χ1) is 13.1.